The topological polar surface area (TPSA) is 86.8 Å². The monoisotopic (exact) mass is 292 g/mol. The fourth-order valence-corrected chi connectivity index (χ4v) is 2.44. The molecule has 2 rings (SSSR count). The largest absolute Gasteiger partial charge is 0.478 e. The molecular weight excluding hydrogens is 272 g/mol. The molecule has 114 valence electrons. The number of carboxylic acids is 1. The summed E-state index contributed by atoms with van der Waals surface area (Å²) in [5.74, 6) is -0.998. The second-order valence-corrected chi connectivity index (χ2v) is 4.87. The minimum absolute atomic E-state index is 0.00952. The van der Waals surface area contributed by atoms with Gasteiger partial charge in [-0.15, -0.1) is 0 Å². The zero-order valence-corrected chi connectivity index (χ0v) is 12.2. The van der Waals surface area contributed by atoms with E-state index in [0.717, 1.165) is 12.8 Å². The SMILES string of the molecule is CCC(CC)N(CCO)c1nc2ccc(C(=O)O)cc2o1. The minimum Gasteiger partial charge on any atom is -0.478 e. The third-order valence-electron chi connectivity index (χ3n) is 3.59. The lowest BCUT2D eigenvalue weighted by Crippen LogP contribution is -2.37. The average molecular weight is 292 g/mol. The van der Waals surface area contributed by atoms with Gasteiger partial charge in [-0.05, 0) is 31.0 Å². The molecule has 0 spiro atoms. The number of carboxylic acid groups (broad SMARTS) is 1. The number of benzene rings is 1. The highest BCUT2D eigenvalue weighted by molar-refractivity contribution is 5.92. The van der Waals surface area contributed by atoms with Crippen LogP contribution in [0.4, 0.5) is 6.01 Å². The first-order valence-corrected chi connectivity index (χ1v) is 7.12. The van der Waals surface area contributed by atoms with E-state index in [0.29, 0.717) is 23.7 Å². The number of nitrogens with zero attached hydrogens (tertiary/aromatic N) is 2. The van der Waals surface area contributed by atoms with Crippen LogP contribution in [0.2, 0.25) is 0 Å². The summed E-state index contributed by atoms with van der Waals surface area (Å²) in [5.41, 5.74) is 1.23. The molecule has 2 aromatic rings. The number of fused-ring (bicyclic) bond motifs is 1. The first-order chi connectivity index (χ1) is 10.1. The van der Waals surface area contributed by atoms with Crippen molar-refractivity contribution >= 4 is 23.1 Å². The van der Waals surface area contributed by atoms with E-state index in [9.17, 15) is 9.90 Å². The summed E-state index contributed by atoms with van der Waals surface area (Å²) in [6.07, 6.45) is 1.82. The first kappa shape index (κ1) is 15.3. The average Bonchev–Trinajstić information content (AvgIpc) is 2.90. The fourth-order valence-electron chi connectivity index (χ4n) is 2.44. The highest BCUT2D eigenvalue weighted by Gasteiger charge is 2.21. The number of oxazole rings is 1. The van der Waals surface area contributed by atoms with Crippen molar-refractivity contribution in [2.75, 3.05) is 18.1 Å². The molecule has 0 radical (unpaired) electrons. The number of aliphatic hydroxyl groups excluding tert-OH is 1. The van der Waals surface area contributed by atoms with E-state index < -0.39 is 5.97 Å². The second kappa shape index (κ2) is 6.58. The lowest BCUT2D eigenvalue weighted by molar-refractivity contribution is 0.0697. The van der Waals surface area contributed by atoms with Gasteiger partial charge in [0, 0.05) is 12.6 Å². The molecule has 0 bridgehead atoms. The highest BCUT2D eigenvalue weighted by Crippen LogP contribution is 2.25. The minimum atomic E-state index is -0.998. The number of hydrogen-bond acceptors (Lipinski definition) is 5. The Bertz CT molecular complexity index is 619. The normalized spacial score (nSPS) is 11.2. The van der Waals surface area contributed by atoms with E-state index in [-0.39, 0.29) is 18.2 Å². The molecule has 0 saturated carbocycles. The van der Waals surface area contributed by atoms with Crippen molar-refractivity contribution in [2.24, 2.45) is 0 Å². The summed E-state index contributed by atoms with van der Waals surface area (Å²) in [5, 5.41) is 18.2. The third-order valence-corrected chi connectivity index (χ3v) is 3.59. The summed E-state index contributed by atoms with van der Waals surface area (Å²) in [6, 6.07) is 5.26. The molecule has 0 unspecified atom stereocenters. The first-order valence-electron chi connectivity index (χ1n) is 7.12. The van der Waals surface area contributed by atoms with Crippen LogP contribution in [0.25, 0.3) is 11.1 Å². The number of carbonyl (C=O) groups is 1. The van der Waals surface area contributed by atoms with E-state index >= 15 is 0 Å². The van der Waals surface area contributed by atoms with Crippen LogP contribution < -0.4 is 4.90 Å². The summed E-state index contributed by atoms with van der Waals surface area (Å²) in [6.45, 7) is 4.59. The van der Waals surface area contributed by atoms with Gasteiger partial charge in [0.1, 0.15) is 5.52 Å². The van der Waals surface area contributed by atoms with Gasteiger partial charge in [0.25, 0.3) is 6.01 Å². The van der Waals surface area contributed by atoms with Crippen LogP contribution in [-0.2, 0) is 0 Å². The maximum atomic E-state index is 11.0. The predicted molar refractivity (Wildman–Crippen MR) is 79.8 cm³/mol. The molecule has 0 atom stereocenters. The quantitative estimate of drug-likeness (QED) is 0.815. The van der Waals surface area contributed by atoms with E-state index in [1.54, 1.807) is 6.07 Å². The van der Waals surface area contributed by atoms with Crippen molar-refractivity contribution in [2.45, 2.75) is 32.7 Å². The van der Waals surface area contributed by atoms with Gasteiger partial charge in [-0.1, -0.05) is 13.8 Å². The molecule has 1 aromatic heterocycles. The number of rotatable bonds is 7. The number of aliphatic hydroxyl groups is 1. The molecule has 6 nitrogen and oxygen atoms in total. The summed E-state index contributed by atoms with van der Waals surface area (Å²) in [7, 11) is 0. The van der Waals surface area contributed by atoms with Crippen LogP contribution >= 0.6 is 0 Å². The molecule has 0 fully saturated rings. The summed E-state index contributed by atoms with van der Waals surface area (Å²) >= 11 is 0. The molecule has 0 aliphatic heterocycles. The van der Waals surface area contributed by atoms with Gasteiger partial charge in [-0.25, -0.2) is 4.79 Å². The standard InChI is InChI=1S/C15H20N2O4/c1-3-11(4-2)17(7-8-18)15-16-12-6-5-10(14(19)20)9-13(12)21-15/h5-6,9,11,18H,3-4,7-8H2,1-2H3,(H,19,20). The second-order valence-electron chi connectivity index (χ2n) is 4.87. The van der Waals surface area contributed by atoms with Crippen molar-refractivity contribution in [1.29, 1.82) is 0 Å². The van der Waals surface area contributed by atoms with Gasteiger partial charge < -0.3 is 19.5 Å². The van der Waals surface area contributed by atoms with Gasteiger partial charge in [0.05, 0.1) is 12.2 Å². The van der Waals surface area contributed by atoms with Crippen molar-refractivity contribution in [1.82, 2.24) is 4.98 Å². The smallest absolute Gasteiger partial charge is 0.335 e. The summed E-state index contributed by atoms with van der Waals surface area (Å²) < 4.78 is 5.70. The van der Waals surface area contributed by atoms with Crippen LogP contribution in [0.5, 0.6) is 0 Å². The van der Waals surface area contributed by atoms with Crippen molar-refractivity contribution < 1.29 is 19.4 Å². The number of aromatic carboxylic acids is 1. The van der Waals surface area contributed by atoms with Crippen LogP contribution in [0.3, 0.4) is 0 Å². The zero-order valence-electron chi connectivity index (χ0n) is 12.2. The van der Waals surface area contributed by atoms with E-state index in [2.05, 4.69) is 18.8 Å². The van der Waals surface area contributed by atoms with Crippen LogP contribution in [0.15, 0.2) is 22.6 Å². The molecule has 1 heterocycles. The number of aromatic nitrogens is 1. The Labute approximate surface area is 123 Å². The molecule has 21 heavy (non-hydrogen) atoms. The van der Waals surface area contributed by atoms with Crippen molar-refractivity contribution in [3.8, 4) is 0 Å². The molecule has 6 heteroatoms. The van der Waals surface area contributed by atoms with Gasteiger partial charge in [-0.3, -0.25) is 0 Å². The van der Waals surface area contributed by atoms with Crippen LogP contribution in [0.1, 0.15) is 37.0 Å². The Balaban J connectivity index is 2.41. The highest BCUT2D eigenvalue weighted by atomic mass is 16.4. The van der Waals surface area contributed by atoms with Crippen LogP contribution in [-0.4, -0.2) is 40.4 Å². The molecule has 2 N–H and O–H groups in total. The third kappa shape index (κ3) is 3.16. The maximum Gasteiger partial charge on any atom is 0.335 e. The molecule has 0 aliphatic carbocycles. The Morgan fingerprint density at radius 3 is 2.67 bits per heavy atom. The molecule has 0 amide bonds. The van der Waals surface area contributed by atoms with E-state index in [1.807, 2.05) is 4.90 Å². The van der Waals surface area contributed by atoms with Gasteiger partial charge in [-0.2, -0.15) is 4.98 Å². The Morgan fingerprint density at radius 1 is 1.38 bits per heavy atom. The molecular formula is C15H20N2O4. The van der Waals surface area contributed by atoms with Gasteiger partial charge in [0.15, 0.2) is 5.58 Å². The summed E-state index contributed by atoms with van der Waals surface area (Å²) in [4.78, 5) is 17.3. The maximum absolute atomic E-state index is 11.0. The van der Waals surface area contributed by atoms with E-state index in [1.165, 1.54) is 12.1 Å². The Morgan fingerprint density at radius 2 is 2.10 bits per heavy atom. The number of anilines is 1. The van der Waals surface area contributed by atoms with Gasteiger partial charge in [0.2, 0.25) is 0 Å². The lowest BCUT2D eigenvalue weighted by Gasteiger charge is -2.28. The van der Waals surface area contributed by atoms with Crippen molar-refractivity contribution in [3.63, 3.8) is 0 Å². The Kier molecular flexibility index (Phi) is 4.80. The zero-order chi connectivity index (χ0) is 15.4. The molecule has 0 saturated heterocycles. The molecule has 0 aliphatic rings. The Hall–Kier alpha value is -2.08. The predicted octanol–water partition coefficient (Wildman–Crippen LogP) is 2.51. The van der Waals surface area contributed by atoms with Crippen LogP contribution in [0, 0.1) is 0 Å². The fraction of sp³-hybridized carbons (Fsp3) is 0.467. The number of hydrogen-bond donors (Lipinski definition) is 2. The van der Waals surface area contributed by atoms with E-state index in [4.69, 9.17) is 9.52 Å². The van der Waals surface area contributed by atoms with Gasteiger partial charge >= 0.3 is 5.97 Å². The lowest BCUT2D eigenvalue weighted by atomic mass is 10.1. The molecule has 1 aromatic carbocycles. The van der Waals surface area contributed by atoms with Crippen molar-refractivity contribution in [3.05, 3.63) is 23.8 Å².